The van der Waals surface area contributed by atoms with Crippen LogP contribution in [-0.4, -0.2) is 9.36 Å². The molecule has 80 valence electrons. The lowest BCUT2D eigenvalue weighted by Gasteiger charge is -2.14. The van der Waals surface area contributed by atoms with Crippen molar-refractivity contribution in [1.82, 2.24) is 9.36 Å². The minimum atomic E-state index is 0.145. The molecule has 0 fully saturated rings. The Balaban J connectivity index is 3.50. The molecule has 0 aromatic carbocycles. The molecule has 1 aromatic heterocycles. The summed E-state index contributed by atoms with van der Waals surface area (Å²) in [6, 6.07) is 0.221. The molecule has 1 rings (SSSR count). The highest BCUT2D eigenvalue weighted by atomic mass is 16.1. The maximum Gasteiger partial charge on any atom is 0.270 e. The minimum absolute atomic E-state index is 0.145. The summed E-state index contributed by atoms with van der Waals surface area (Å²) in [5, 5.41) is 0. The smallest absolute Gasteiger partial charge is 0.270 e. The van der Waals surface area contributed by atoms with Gasteiger partial charge in [0.05, 0.1) is 0 Å². The maximum atomic E-state index is 11.9. The first-order valence-corrected chi connectivity index (χ1v) is 5.15. The van der Waals surface area contributed by atoms with Gasteiger partial charge in [-0.2, -0.15) is 0 Å². The normalized spacial score (nSPS) is 11.7. The maximum absolute atomic E-state index is 11.9. The summed E-state index contributed by atoms with van der Waals surface area (Å²) in [7, 11) is 1.96. The zero-order valence-electron chi connectivity index (χ0n) is 9.96. The molecule has 0 aliphatic rings. The van der Waals surface area contributed by atoms with Crippen LogP contribution in [0.15, 0.2) is 4.79 Å². The molecule has 0 aliphatic carbocycles. The average Bonchev–Trinajstić information content (AvgIpc) is 2.23. The number of nitrogens with zero attached hydrogens (tertiary/aromatic N) is 2. The number of hydrogen-bond acceptors (Lipinski definition) is 1. The van der Waals surface area contributed by atoms with E-state index < -0.39 is 0 Å². The summed E-state index contributed by atoms with van der Waals surface area (Å²) in [6.45, 7) is 10.2. The fraction of sp³-hybridized carbons (Fsp3) is 0.727. The second-order valence-electron chi connectivity index (χ2n) is 4.43. The SMILES string of the molecule is Cc1c(C(C)C)n(C)n(C(C)C)c1=O. The molecule has 14 heavy (non-hydrogen) atoms. The van der Waals surface area contributed by atoms with Gasteiger partial charge in [0.1, 0.15) is 0 Å². The summed E-state index contributed by atoms with van der Waals surface area (Å²) in [6.07, 6.45) is 0. The number of hydrogen-bond donors (Lipinski definition) is 0. The fourth-order valence-electron chi connectivity index (χ4n) is 2.16. The van der Waals surface area contributed by atoms with Gasteiger partial charge in [-0.15, -0.1) is 0 Å². The molecular weight excluding hydrogens is 176 g/mol. The molecule has 1 heterocycles. The van der Waals surface area contributed by atoms with Crippen molar-refractivity contribution in [1.29, 1.82) is 0 Å². The first-order valence-electron chi connectivity index (χ1n) is 5.15. The quantitative estimate of drug-likeness (QED) is 0.712. The van der Waals surface area contributed by atoms with Gasteiger partial charge in [-0.25, -0.2) is 4.68 Å². The highest BCUT2D eigenvalue weighted by Crippen LogP contribution is 2.17. The second kappa shape index (κ2) is 3.64. The van der Waals surface area contributed by atoms with Crippen LogP contribution in [0, 0.1) is 6.92 Å². The van der Waals surface area contributed by atoms with E-state index in [1.807, 2.05) is 37.2 Å². The van der Waals surface area contributed by atoms with Crippen LogP contribution in [0.5, 0.6) is 0 Å². The fourth-order valence-corrected chi connectivity index (χ4v) is 2.16. The molecule has 0 aliphatic heterocycles. The van der Waals surface area contributed by atoms with E-state index in [0.717, 1.165) is 11.3 Å². The van der Waals surface area contributed by atoms with E-state index >= 15 is 0 Å². The Morgan fingerprint density at radius 3 is 1.86 bits per heavy atom. The molecule has 0 bridgehead atoms. The van der Waals surface area contributed by atoms with Gasteiger partial charge in [0.25, 0.3) is 5.56 Å². The van der Waals surface area contributed by atoms with Crippen molar-refractivity contribution < 1.29 is 0 Å². The highest BCUT2D eigenvalue weighted by Gasteiger charge is 2.17. The van der Waals surface area contributed by atoms with Crippen LogP contribution < -0.4 is 5.56 Å². The zero-order valence-corrected chi connectivity index (χ0v) is 9.96. The lowest BCUT2D eigenvalue weighted by Crippen LogP contribution is -2.24. The molecular formula is C11H20N2O. The summed E-state index contributed by atoms with van der Waals surface area (Å²) in [5.41, 5.74) is 2.17. The van der Waals surface area contributed by atoms with Crippen LogP contribution in [0.3, 0.4) is 0 Å². The van der Waals surface area contributed by atoms with Crippen molar-refractivity contribution in [2.75, 3.05) is 0 Å². The lowest BCUT2D eigenvalue weighted by molar-refractivity contribution is 0.424. The lowest BCUT2D eigenvalue weighted by atomic mass is 10.1. The third-order valence-corrected chi connectivity index (χ3v) is 2.62. The van der Waals surface area contributed by atoms with Crippen LogP contribution in [0.2, 0.25) is 0 Å². The predicted octanol–water partition coefficient (Wildman–Crippen LogP) is 2.20. The molecule has 0 atom stereocenters. The first-order chi connectivity index (χ1) is 6.37. The summed E-state index contributed by atoms with van der Waals surface area (Å²) in [5.74, 6) is 0.396. The number of rotatable bonds is 2. The van der Waals surface area contributed by atoms with Crippen molar-refractivity contribution in [2.24, 2.45) is 7.05 Å². The molecule has 0 radical (unpaired) electrons. The minimum Gasteiger partial charge on any atom is -0.289 e. The Hall–Kier alpha value is -0.990. The van der Waals surface area contributed by atoms with Crippen molar-refractivity contribution in [2.45, 2.75) is 46.6 Å². The van der Waals surface area contributed by atoms with Crippen molar-refractivity contribution in [3.05, 3.63) is 21.6 Å². The van der Waals surface area contributed by atoms with Gasteiger partial charge < -0.3 is 0 Å². The predicted molar refractivity (Wildman–Crippen MR) is 58.9 cm³/mol. The van der Waals surface area contributed by atoms with Crippen molar-refractivity contribution in [3.8, 4) is 0 Å². The second-order valence-corrected chi connectivity index (χ2v) is 4.43. The standard InChI is InChI=1S/C11H20N2O/c1-7(2)10-9(5)11(14)13(8(3)4)12(10)6/h7-8H,1-6H3. The van der Waals surface area contributed by atoms with Crippen LogP contribution >= 0.6 is 0 Å². The van der Waals surface area contributed by atoms with E-state index in [1.54, 1.807) is 0 Å². The Morgan fingerprint density at radius 2 is 1.64 bits per heavy atom. The summed E-state index contributed by atoms with van der Waals surface area (Å²) in [4.78, 5) is 11.9. The van der Waals surface area contributed by atoms with Crippen LogP contribution in [0.4, 0.5) is 0 Å². The molecule has 0 spiro atoms. The van der Waals surface area contributed by atoms with Crippen molar-refractivity contribution >= 4 is 0 Å². The van der Waals surface area contributed by atoms with Gasteiger partial charge in [-0.05, 0) is 26.7 Å². The molecule has 1 aromatic rings. The van der Waals surface area contributed by atoms with E-state index in [0.29, 0.717) is 5.92 Å². The monoisotopic (exact) mass is 196 g/mol. The molecule has 0 saturated carbocycles. The van der Waals surface area contributed by atoms with E-state index in [4.69, 9.17) is 0 Å². The van der Waals surface area contributed by atoms with Gasteiger partial charge in [0.2, 0.25) is 0 Å². The molecule has 0 unspecified atom stereocenters. The van der Waals surface area contributed by atoms with Gasteiger partial charge in [0.15, 0.2) is 0 Å². The Kier molecular flexibility index (Phi) is 2.88. The topological polar surface area (TPSA) is 26.9 Å². The highest BCUT2D eigenvalue weighted by molar-refractivity contribution is 5.20. The number of aromatic nitrogens is 2. The summed E-state index contributed by atoms with van der Waals surface area (Å²) < 4.78 is 3.80. The Bertz CT molecular complexity index is 383. The van der Waals surface area contributed by atoms with Gasteiger partial charge in [-0.3, -0.25) is 9.48 Å². The molecule has 3 heteroatoms. The van der Waals surface area contributed by atoms with E-state index in [2.05, 4.69) is 13.8 Å². The third kappa shape index (κ3) is 1.51. The Morgan fingerprint density at radius 1 is 1.14 bits per heavy atom. The van der Waals surface area contributed by atoms with Gasteiger partial charge in [0, 0.05) is 24.3 Å². The van der Waals surface area contributed by atoms with Crippen LogP contribution in [0.1, 0.15) is 50.9 Å². The zero-order chi connectivity index (χ0) is 11.0. The average molecular weight is 196 g/mol. The van der Waals surface area contributed by atoms with Crippen LogP contribution in [-0.2, 0) is 7.05 Å². The third-order valence-electron chi connectivity index (χ3n) is 2.62. The van der Waals surface area contributed by atoms with Crippen molar-refractivity contribution in [3.63, 3.8) is 0 Å². The first kappa shape index (κ1) is 11.1. The van der Waals surface area contributed by atoms with Crippen LogP contribution in [0.25, 0.3) is 0 Å². The largest absolute Gasteiger partial charge is 0.289 e. The molecule has 0 saturated heterocycles. The van der Waals surface area contributed by atoms with Gasteiger partial charge >= 0.3 is 0 Å². The van der Waals surface area contributed by atoms with E-state index in [1.165, 1.54) is 0 Å². The van der Waals surface area contributed by atoms with E-state index in [9.17, 15) is 4.79 Å². The van der Waals surface area contributed by atoms with Gasteiger partial charge in [-0.1, -0.05) is 13.8 Å². The van der Waals surface area contributed by atoms with E-state index in [-0.39, 0.29) is 11.6 Å². The molecule has 0 N–H and O–H groups in total. The molecule has 3 nitrogen and oxygen atoms in total. The Labute approximate surface area is 85.3 Å². The molecule has 0 amide bonds. The summed E-state index contributed by atoms with van der Waals surface area (Å²) >= 11 is 0.